The summed E-state index contributed by atoms with van der Waals surface area (Å²) in [4.78, 5) is 2.68. The number of nitrogens with zero attached hydrogens (tertiary/aromatic N) is 1. The third kappa shape index (κ3) is 5.91. The summed E-state index contributed by atoms with van der Waals surface area (Å²) in [5, 5.41) is 3.19. The van der Waals surface area contributed by atoms with Crippen LogP contribution in [0, 0.1) is 0 Å². The zero-order valence-electron chi connectivity index (χ0n) is 12.1. The number of rotatable bonds is 9. The molecule has 0 bridgehead atoms. The molecule has 0 unspecified atom stereocenters. The molecule has 114 valence electrons. The number of sulfone groups is 1. The molecule has 0 aromatic heterocycles. The van der Waals surface area contributed by atoms with E-state index in [0.29, 0.717) is 11.4 Å². The van der Waals surface area contributed by atoms with Crippen LogP contribution in [0.4, 0.5) is 0 Å². The largest absolute Gasteiger partial charge is 0.314 e. The lowest BCUT2D eigenvalue weighted by Crippen LogP contribution is -2.33. The fraction of sp³-hybridized carbons (Fsp3) is 0.571. The van der Waals surface area contributed by atoms with Gasteiger partial charge < -0.3 is 10.2 Å². The van der Waals surface area contributed by atoms with E-state index in [2.05, 4.69) is 40.0 Å². The van der Waals surface area contributed by atoms with Crippen LogP contribution in [0.1, 0.15) is 13.8 Å². The normalized spacial score (nSPS) is 12.0. The smallest absolute Gasteiger partial charge is 0.179 e. The van der Waals surface area contributed by atoms with E-state index in [9.17, 15) is 8.42 Å². The first-order valence-electron chi connectivity index (χ1n) is 6.91. The van der Waals surface area contributed by atoms with E-state index in [0.717, 1.165) is 30.7 Å². The summed E-state index contributed by atoms with van der Waals surface area (Å²) in [6.07, 6.45) is 0. The molecule has 6 heteroatoms. The number of benzene rings is 1. The van der Waals surface area contributed by atoms with Crippen LogP contribution in [0.3, 0.4) is 0 Å². The van der Waals surface area contributed by atoms with Gasteiger partial charge in [-0.2, -0.15) is 0 Å². The van der Waals surface area contributed by atoms with Crippen LogP contribution >= 0.6 is 15.9 Å². The highest BCUT2D eigenvalue weighted by Crippen LogP contribution is 2.15. The van der Waals surface area contributed by atoms with Crippen molar-refractivity contribution in [2.45, 2.75) is 18.7 Å². The molecule has 0 heterocycles. The van der Waals surface area contributed by atoms with Gasteiger partial charge in [-0.05, 0) is 37.4 Å². The van der Waals surface area contributed by atoms with Gasteiger partial charge in [0.25, 0.3) is 0 Å². The van der Waals surface area contributed by atoms with Crippen LogP contribution in [0.2, 0.25) is 0 Å². The van der Waals surface area contributed by atoms with E-state index in [-0.39, 0.29) is 5.75 Å². The average Bonchev–Trinajstić information content (AvgIpc) is 2.43. The summed E-state index contributed by atoms with van der Waals surface area (Å²) in [6, 6.07) is 6.77. The topological polar surface area (TPSA) is 49.4 Å². The maximum Gasteiger partial charge on any atom is 0.179 e. The molecular weight excluding hydrogens is 340 g/mol. The first-order chi connectivity index (χ1) is 9.49. The van der Waals surface area contributed by atoms with Crippen LogP contribution in [0.25, 0.3) is 0 Å². The van der Waals surface area contributed by atoms with Gasteiger partial charge in [-0.25, -0.2) is 8.42 Å². The van der Waals surface area contributed by atoms with Crippen LogP contribution in [-0.2, 0) is 9.84 Å². The number of hydrogen-bond acceptors (Lipinski definition) is 4. The summed E-state index contributed by atoms with van der Waals surface area (Å²) in [5.41, 5.74) is 0. The number of halogens is 1. The van der Waals surface area contributed by atoms with Crippen molar-refractivity contribution < 1.29 is 8.42 Å². The van der Waals surface area contributed by atoms with Crippen LogP contribution < -0.4 is 5.32 Å². The molecule has 0 radical (unpaired) electrons. The summed E-state index contributed by atoms with van der Waals surface area (Å²) in [6.45, 7) is 8.55. The lowest BCUT2D eigenvalue weighted by Gasteiger charge is -2.17. The second-order valence-electron chi connectivity index (χ2n) is 4.55. The van der Waals surface area contributed by atoms with E-state index in [4.69, 9.17) is 0 Å². The summed E-state index contributed by atoms with van der Waals surface area (Å²) < 4.78 is 25.1. The molecule has 0 fully saturated rings. The molecule has 0 atom stereocenters. The van der Waals surface area contributed by atoms with Gasteiger partial charge in [0.05, 0.1) is 10.6 Å². The molecular formula is C14H23BrN2O2S. The van der Waals surface area contributed by atoms with Crippen molar-refractivity contribution in [3.8, 4) is 0 Å². The molecule has 1 aromatic carbocycles. The van der Waals surface area contributed by atoms with E-state index in [1.54, 1.807) is 24.3 Å². The fourth-order valence-electron chi connectivity index (χ4n) is 1.87. The van der Waals surface area contributed by atoms with Crippen molar-refractivity contribution in [3.05, 3.63) is 28.7 Å². The molecule has 20 heavy (non-hydrogen) atoms. The summed E-state index contributed by atoms with van der Waals surface area (Å²) in [5.74, 6) is 0.132. The van der Waals surface area contributed by atoms with Crippen molar-refractivity contribution in [2.24, 2.45) is 0 Å². The predicted octanol–water partition coefficient (Wildman–Crippen LogP) is 2.15. The molecule has 0 saturated carbocycles. The number of nitrogens with one attached hydrogen (secondary N) is 1. The van der Waals surface area contributed by atoms with E-state index in [1.165, 1.54) is 0 Å². The number of likely N-dealkylation sites (N-methyl/N-ethyl adjacent to an activating group) is 1. The van der Waals surface area contributed by atoms with Crippen molar-refractivity contribution in [2.75, 3.05) is 38.5 Å². The van der Waals surface area contributed by atoms with Crippen molar-refractivity contribution in [1.29, 1.82) is 0 Å². The Bertz CT molecular complexity index is 484. The predicted molar refractivity (Wildman–Crippen MR) is 86.9 cm³/mol. The Hall–Kier alpha value is -0.430. The second kappa shape index (κ2) is 8.77. The SMILES string of the molecule is CCN(CC)CCNCCS(=O)(=O)c1ccc(Br)cc1. The van der Waals surface area contributed by atoms with Crippen LogP contribution in [0.15, 0.2) is 33.6 Å². The maximum atomic E-state index is 12.1. The van der Waals surface area contributed by atoms with E-state index >= 15 is 0 Å². The lowest BCUT2D eigenvalue weighted by atomic mass is 10.4. The zero-order chi connectivity index (χ0) is 15.0. The molecule has 4 nitrogen and oxygen atoms in total. The zero-order valence-corrected chi connectivity index (χ0v) is 14.5. The molecule has 1 rings (SSSR count). The van der Waals surface area contributed by atoms with Gasteiger partial charge in [0.1, 0.15) is 0 Å². The van der Waals surface area contributed by atoms with Gasteiger partial charge >= 0.3 is 0 Å². The van der Waals surface area contributed by atoms with Crippen molar-refractivity contribution in [3.63, 3.8) is 0 Å². The summed E-state index contributed by atoms with van der Waals surface area (Å²) in [7, 11) is -3.19. The van der Waals surface area contributed by atoms with Gasteiger partial charge in [0, 0.05) is 24.1 Å². The highest BCUT2D eigenvalue weighted by Gasteiger charge is 2.13. The molecule has 1 N–H and O–H groups in total. The minimum Gasteiger partial charge on any atom is -0.314 e. The maximum absolute atomic E-state index is 12.1. The molecule has 1 aromatic rings. The number of hydrogen-bond donors (Lipinski definition) is 1. The quantitative estimate of drug-likeness (QED) is 0.683. The Kier molecular flexibility index (Phi) is 7.72. The van der Waals surface area contributed by atoms with Gasteiger partial charge in [0.2, 0.25) is 0 Å². The van der Waals surface area contributed by atoms with Gasteiger partial charge in [0.15, 0.2) is 9.84 Å². The van der Waals surface area contributed by atoms with Gasteiger partial charge in [-0.3, -0.25) is 0 Å². The second-order valence-corrected chi connectivity index (χ2v) is 7.57. The molecule has 0 aliphatic heterocycles. The average molecular weight is 363 g/mol. The molecule has 0 spiro atoms. The Morgan fingerprint density at radius 1 is 1.10 bits per heavy atom. The third-order valence-corrected chi connectivity index (χ3v) is 5.48. The molecule has 0 saturated heterocycles. The molecule has 0 amide bonds. The Labute approximate surface area is 130 Å². The fourth-order valence-corrected chi connectivity index (χ4v) is 3.33. The Balaban J connectivity index is 2.35. The Morgan fingerprint density at radius 3 is 2.25 bits per heavy atom. The molecule has 0 aliphatic carbocycles. The van der Waals surface area contributed by atoms with Gasteiger partial charge in [-0.1, -0.05) is 29.8 Å². The van der Waals surface area contributed by atoms with Crippen LogP contribution in [-0.4, -0.2) is 51.8 Å². The van der Waals surface area contributed by atoms with Crippen molar-refractivity contribution in [1.82, 2.24) is 10.2 Å². The van der Waals surface area contributed by atoms with Gasteiger partial charge in [-0.15, -0.1) is 0 Å². The minimum atomic E-state index is -3.19. The van der Waals surface area contributed by atoms with E-state index in [1.807, 2.05) is 0 Å². The first-order valence-corrected chi connectivity index (χ1v) is 9.35. The molecule has 0 aliphatic rings. The standard InChI is InChI=1S/C14H23BrN2O2S/c1-3-17(4-2)11-9-16-10-12-20(18,19)14-7-5-13(15)6-8-14/h5-8,16H,3-4,9-12H2,1-2H3. The minimum absolute atomic E-state index is 0.132. The first kappa shape index (κ1) is 17.6. The monoisotopic (exact) mass is 362 g/mol. The third-order valence-electron chi connectivity index (χ3n) is 3.22. The van der Waals surface area contributed by atoms with E-state index < -0.39 is 9.84 Å². The summed E-state index contributed by atoms with van der Waals surface area (Å²) >= 11 is 3.30. The van der Waals surface area contributed by atoms with Crippen molar-refractivity contribution >= 4 is 25.8 Å². The van der Waals surface area contributed by atoms with Crippen LogP contribution in [0.5, 0.6) is 0 Å². The Morgan fingerprint density at radius 2 is 1.70 bits per heavy atom. The highest BCUT2D eigenvalue weighted by atomic mass is 79.9. The lowest BCUT2D eigenvalue weighted by molar-refractivity contribution is 0.303. The highest BCUT2D eigenvalue weighted by molar-refractivity contribution is 9.10.